The summed E-state index contributed by atoms with van der Waals surface area (Å²) in [6, 6.07) is 0. The summed E-state index contributed by atoms with van der Waals surface area (Å²) >= 11 is 0. The Kier molecular flexibility index (Phi) is 27.0. The van der Waals surface area contributed by atoms with E-state index in [2.05, 4.69) is 61.9 Å². The van der Waals surface area contributed by atoms with E-state index in [1.54, 1.807) is 6.92 Å². The Morgan fingerprint density at radius 1 is 0.557 bits per heavy atom. The molecule has 1 saturated carbocycles. The fraction of sp³-hybridized carbons (Fsp3) is 0.714. The van der Waals surface area contributed by atoms with Crippen molar-refractivity contribution in [2.24, 2.45) is 0 Å². The molecular weight excluding hydrogens is 896 g/mol. The second kappa shape index (κ2) is 29.1. The fourth-order valence-corrected chi connectivity index (χ4v) is 8.25. The molecule has 5 unspecified atom stereocenters. The van der Waals surface area contributed by atoms with Gasteiger partial charge in [-0.15, -0.1) is 0 Å². The van der Waals surface area contributed by atoms with Crippen molar-refractivity contribution < 1.29 is 104 Å². The second-order valence-electron chi connectivity index (χ2n) is 13.3. The number of unbranched alkanes of at least 4 members (excludes halogenated alkanes) is 12. The maximum Gasteiger partial charge on any atom is 0.472 e. The topological polar surface area (TPSA) is 349 Å². The Hall–Kier alpha value is -2.46. The minimum absolute atomic E-state index is 0.117. The van der Waals surface area contributed by atoms with Crippen LogP contribution < -0.4 is 0 Å². The molecule has 0 aromatic rings. The molecule has 346 valence electrons. The van der Waals surface area contributed by atoms with Crippen LogP contribution in [0.4, 0.5) is 0 Å². The lowest BCUT2D eigenvalue weighted by atomic mass is 9.85. The highest BCUT2D eigenvalue weighted by Crippen LogP contribution is 2.53. The number of esters is 2. The van der Waals surface area contributed by atoms with Crippen molar-refractivity contribution in [3.8, 4) is 47.4 Å². The monoisotopic (exact) mass is 950 g/mol. The number of hydrogen-bond acceptors (Lipinski definition) is 15. The number of aliphatic hydroxyl groups is 2. The van der Waals surface area contributed by atoms with Crippen molar-refractivity contribution in [3.63, 3.8) is 0 Å². The quantitative estimate of drug-likeness (QED) is 0.0179. The number of phosphoric ester groups is 4. The molecule has 0 aromatic carbocycles. The Balaban J connectivity index is 3.08. The number of ether oxygens (including phenoxy) is 2. The zero-order valence-electron chi connectivity index (χ0n) is 33.5. The Morgan fingerprint density at radius 2 is 0.984 bits per heavy atom. The van der Waals surface area contributed by atoms with Crippen molar-refractivity contribution in [1.29, 1.82) is 0 Å². The molecule has 9 N–H and O–H groups in total. The summed E-state index contributed by atoms with van der Waals surface area (Å²) in [4.78, 5) is 91.6. The van der Waals surface area contributed by atoms with Crippen LogP contribution in [0.2, 0.25) is 0 Å². The number of carbonyl (C=O) groups excluding carboxylic acids is 2. The fourth-order valence-electron chi connectivity index (χ4n) is 5.60. The van der Waals surface area contributed by atoms with E-state index in [1.165, 1.54) is 38.5 Å². The molecule has 0 aromatic heterocycles. The molecule has 26 heteroatoms. The van der Waals surface area contributed by atoms with E-state index in [-0.39, 0.29) is 6.42 Å². The highest BCUT2D eigenvalue weighted by atomic mass is 31.2. The third kappa shape index (κ3) is 27.4. The van der Waals surface area contributed by atoms with E-state index in [1.807, 2.05) is 5.92 Å². The van der Waals surface area contributed by atoms with Crippen LogP contribution in [-0.4, -0.2) is 112 Å². The third-order valence-corrected chi connectivity index (χ3v) is 10.8. The van der Waals surface area contributed by atoms with E-state index >= 15 is 0 Å². The molecule has 1 aliphatic carbocycles. The van der Waals surface area contributed by atoms with E-state index in [9.17, 15) is 72.3 Å². The van der Waals surface area contributed by atoms with Crippen molar-refractivity contribution in [2.75, 3.05) is 13.2 Å². The molecule has 0 spiro atoms. The summed E-state index contributed by atoms with van der Waals surface area (Å²) < 4.78 is 80.9. The molecule has 22 nitrogen and oxygen atoms in total. The lowest BCUT2D eigenvalue weighted by molar-refractivity contribution is -0.209. The maximum atomic E-state index is 13.1. The average Bonchev–Trinajstić information content (AvgIpc) is 3.14. The van der Waals surface area contributed by atoms with Crippen LogP contribution in [0.5, 0.6) is 0 Å². The maximum absolute atomic E-state index is 13.1. The first-order valence-electron chi connectivity index (χ1n) is 19.0. The third-order valence-electron chi connectivity index (χ3n) is 8.23. The van der Waals surface area contributed by atoms with Gasteiger partial charge in [0, 0.05) is 12.3 Å². The summed E-state index contributed by atoms with van der Waals surface area (Å²) in [5, 5.41) is 21.7. The zero-order valence-corrected chi connectivity index (χ0v) is 37.1. The molecule has 1 aliphatic rings. The van der Waals surface area contributed by atoms with Gasteiger partial charge in [-0.1, -0.05) is 89.9 Å². The van der Waals surface area contributed by atoms with Crippen LogP contribution in [0.15, 0.2) is 0 Å². The molecule has 0 bridgehead atoms. The summed E-state index contributed by atoms with van der Waals surface area (Å²) in [7, 11) is -23.1. The lowest BCUT2D eigenvalue weighted by Crippen LogP contribution is -2.65. The predicted molar refractivity (Wildman–Crippen MR) is 211 cm³/mol. The number of carbonyl (C=O) groups is 2. The van der Waals surface area contributed by atoms with Gasteiger partial charge in [0.1, 0.15) is 43.2 Å². The smallest absolute Gasteiger partial charge is 0.456 e. The minimum atomic E-state index is -5.80. The minimum Gasteiger partial charge on any atom is -0.456 e. The molecular formula is C35H54O22P4. The molecule has 0 amide bonds. The van der Waals surface area contributed by atoms with Crippen LogP contribution in [0.1, 0.15) is 104 Å². The normalized spacial score (nSPS) is 21.7. The van der Waals surface area contributed by atoms with Crippen LogP contribution in [0, 0.1) is 47.4 Å². The van der Waals surface area contributed by atoms with Gasteiger partial charge < -0.3 is 53.9 Å². The molecule has 61 heavy (non-hydrogen) atoms. The summed E-state index contributed by atoms with van der Waals surface area (Å²) in [5.41, 5.74) is 0. The first-order valence-corrected chi connectivity index (χ1v) is 25.1. The number of aliphatic hydroxyl groups excluding tert-OH is 2. The van der Waals surface area contributed by atoms with Gasteiger partial charge in [-0.05, 0) is 48.9 Å². The first-order chi connectivity index (χ1) is 28.5. The summed E-state index contributed by atoms with van der Waals surface area (Å²) in [6.45, 7) is 1.79. The first kappa shape index (κ1) is 56.6. The number of phosphoric acid groups is 4. The van der Waals surface area contributed by atoms with E-state index in [4.69, 9.17) is 18.5 Å². The Morgan fingerprint density at radius 3 is 1.44 bits per heavy atom. The van der Waals surface area contributed by atoms with Gasteiger partial charge in [0.15, 0.2) is 6.10 Å². The van der Waals surface area contributed by atoms with Gasteiger partial charge in [0.2, 0.25) is 0 Å². The van der Waals surface area contributed by atoms with Gasteiger partial charge in [-0.2, -0.15) is 0 Å². The molecule has 1 rings (SSSR count). The highest BCUT2D eigenvalue weighted by Gasteiger charge is 2.59. The molecule has 0 heterocycles. The van der Waals surface area contributed by atoms with Crippen LogP contribution in [-0.2, 0) is 59.9 Å². The predicted octanol–water partition coefficient (Wildman–Crippen LogP) is 2.63. The van der Waals surface area contributed by atoms with Crippen LogP contribution in [0.25, 0.3) is 0 Å². The Bertz CT molecular complexity index is 1790. The average molecular weight is 951 g/mol. The van der Waals surface area contributed by atoms with Crippen molar-refractivity contribution >= 4 is 43.2 Å². The summed E-state index contributed by atoms with van der Waals surface area (Å²) in [5.74, 6) is 16.4. The van der Waals surface area contributed by atoms with E-state index in [0.29, 0.717) is 12.8 Å². The zero-order chi connectivity index (χ0) is 46.1. The number of hydrogen-bond donors (Lipinski definition) is 9. The second-order valence-corrected chi connectivity index (χ2v) is 18.3. The van der Waals surface area contributed by atoms with Crippen molar-refractivity contribution in [2.45, 2.75) is 146 Å². The molecule has 0 saturated heterocycles. The largest absolute Gasteiger partial charge is 0.472 e. The van der Waals surface area contributed by atoms with E-state index in [0.717, 1.165) is 32.1 Å². The lowest BCUT2D eigenvalue weighted by Gasteiger charge is -2.45. The highest BCUT2D eigenvalue weighted by molar-refractivity contribution is 7.47. The van der Waals surface area contributed by atoms with Crippen LogP contribution in [0.3, 0.4) is 0 Å². The van der Waals surface area contributed by atoms with Gasteiger partial charge >= 0.3 is 43.2 Å². The molecule has 8 atom stereocenters. The molecule has 0 radical (unpaired) electrons. The van der Waals surface area contributed by atoms with E-state index < -0.39 is 99.2 Å². The standard InChI is InChI=1S/C35H54O22P4/c1-3-5-7-9-11-12-13-14-15-16-18-20-22-24-29(37)53-27(25-51-28(36)23-21-19-17-10-8-6-4-2)26-52-61(49,50)57-32-30(38)33(54-58(40,41)42)35(56-60(46,47)48)34(31(32)39)55-59(43,44)45/h27,30-35,38-39H,3,5,7,9,11-16,18,20,22,24-26H2,1-2H3,(H,49,50)(H2,40,41,42)(H2,43,44,45)(H2,46,47,48)/t27-,30-,31?,32?,33?,34+,35?/m1/s1. The van der Waals surface area contributed by atoms with Gasteiger partial charge in [-0.25, -0.2) is 23.1 Å². The van der Waals surface area contributed by atoms with Crippen molar-refractivity contribution in [3.05, 3.63) is 0 Å². The van der Waals surface area contributed by atoms with Crippen molar-refractivity contribution in [1.82, 2.24) is 0 Å². The van der Waals surface area contributed by atoms with Crippen LogP contribution >= 0.6 is 31.3 Å². The molecule has 1 fully saturated rings. The Labute approximate surface area is 354 Å². The molecule has 0 aliphatic heterocycles. The van der Waals surface area contributed by atoms with Gasteiger partial charge in [-0.3, -0.25) is 27.4 Å². The van der Waals surface area contributed by atoms with Gasteiger partial charge in [0.25, 0.3) is 0 Å². The number of rotatable bonds is 28. The SMILES string of the molecule is CC#CC#CC#CC#CC(=O)OC[C@H](COP(=O)(O)OC1C(O)[C@H](OP(=O)(O)O)C(OP(=O)(O)O)C(OP(=O)(O)O)[C@@H]1O)OC(=O)CCCCCCCCCCCCCCC. The summed E-state index contributed by atoms with van der Waals surface area (Å²) in [6.07, 6.45) is -4.79. The van der Waals surface area contributed by atoms with Gasteiger partial charge in [0.05, 0.1) is 6.61 Å².